The lowest BCUT2D eigenvalue weighted by Crippen LogP contribution is -2.32. The molecule has 0 atom stereocenters. The molecule has 8 nitrogen and oxygen atoms in total. The van der Waals surface area contributed by atoms with Crippen molar-refractivity contribution in [1.29, 1.82) is 0 Å². The van der Waals surface area contributed by atoms with Gasteiger partial charge >= 0.3 is 0 Å². The molecule has 0 aromatic carbocycles. The second-order valence-electron chi connectivity index (χ2n) is 7.81. The monoisotopic (exact) mass is 383 g/mol. The van der Waals surface area contributed by atoms with Crippen LogP contribution in [0, 0.1) is 6.92 Å². The zero-order valence-corrected chi connectivity index (χ0v) is 16.7. The van der Waals surface area contributed by atoms with E-state index in [1.165, 1.54) is 37.7 Å². The number of carbonyl (C=O) groups excluding carboxylic acids is 1. The predicted octanol–water partition coefficient (Wildman–Crippen LogP) is 1.67. The molecule has 0 bridgehead atoms. The van der Waals surface area contributed by atoms with Crippen molar-refractivity contribution in [2.24, 2.45) is 0 Å². The van der Waals surface area contributed by atoms with Crippen molar-refractivity contribution in [1.82, 2.24) is 35.2 Å². The molecule has 4 rings (SSSR count). The Kier molecular flexibility index (Phi) is 5.95. The Labute approximate surface area is 165 Å². The summed E-state index contributed by atoms with van der Waals surface area (Å²) >= 11 is 0. The van der Waals surface area contributed by atoms with Gasteiger partial charge in [0.15, 0.2) is 5.69 Å². The summed E-state index contributed by atoms with van der Waals surface area (Å²) in [5.41, 5.74) is 3.82. The fourth-order valence-corrected chi connectivity index (χ4v) is 4.11. The highest BCUT2D eigenvalue weighted by molar-refractivity contribution is 5.91. The summed E-state index contributed by atoms with van der Waals surface area (Å²) in [6, 6.07) is 0. The van der Waals surface area contributed by atoms with E-state index in [2.05, 4.69) is 30.5 Å². The molecule has 1 N–H and O–H groups in total. The average Bonchev–Trinajstić information content (AvgIpc) is 3.20. The van der Waals surface area contributed by atoms with E-state index in [4.69, 9.17) is 0 Å². The summed E-state index contributed by atoms with van der Waals surface area (Å²) in [7, 11) is 0. The second-order valence-corrected chi connectivity index (χ2v) is 7.81. The molecule has 2 aromatic heterocycles. The van der Waals surface area contributed by atoms with Gasteiger partial charge in [-0.25, -0.2) is 9.97 Å². The number of carbonyl (C=O) groups is 1. The number of nitrogens with zero attached hydrogens (tertiary/aromatic N) is 6. The van der Waals surface area contributed by atoms with Crippen LogP contribution in [-0.4, -0.2) is 55.4 Å². The predicted molar refractivity (Wildman–Crippen MR) is 105 cm³/mol. The number of hydrogen-bond donors (Lipinski definition) is 1. The van der Waals surface area contributed by atoms with E-state index in [0.717, 1.165) is 50.4 Å². The van der Waals surface area contributed by atoms with Gasteiger partial charge in [0.1, 0.15) is 5.82 Å². The smallest absolute Gasteiger partial charge is 0.273 e. The highest BCUT2D eigenvalue weighted by Gasteiger charge is 2.17. The van der Waals surface area contributed by atoms with Crippen molar-refractivity contribution >= 4 is 5.91 Å². The highest BCUT2D eigenvalue weighted by atomic mass is 16.2. The van der Waals surface area contributed by atoms with Crippen LogP contribution in [0.15, 0.2) is 6.20 Å². The molecule has 0 saturated carbocycles. The first-order valence-electron chi connectivity index (χ1n) is 10.4. The van der Waals surface area contributed by atoms with Gasteiger partial charge in [-0.05, 0) is 64.1 Å². The average molecular weight is 384 g/mol. The molecule has 28 heavy (non-hydrogen) atoms. The van der Waals surface area contributed by atoms with Crippen LogP contribution in [0.2, 0.25) is 0 Å². The molecule has 1 aliphatic heterocycles. The van der Waals surface area contributed by atoms with Gasteiger partial charge in [-0.2, -0.15) is 0 Å². The lowest BCUT2D eigenvalue weighted by atomic mass is 9.95. The maximum absolute atomic E-state index is 12.4. The van der Waals surface area contributed by atoms with Crippen molar-refractivity contribution in [3.05, 3.63) is 34.7 Å². The molecule has 2 aliphatic rings. The van der Waals surface area contributed by atoms with Gasteiger partial charge in [0, 0.05) is 17.9 Å². The number of aromatic nitrogens is 5. The number of nitrogens with one attached hydrogen (secondary N) is 1. The molecule has 1 saturated heterocycles. The number of likely N-dealkylation sites (tertiary alicyclic amines) is 1. The fourth-order valence-electron chi connectivity index (χ4n) is 4.11. The third-order valence-corrected chi connectivity index (χ3v) is 5.71. The molecule has 1 amide bonds. The Hall–Kier alpha value is -2.35. The Morgan fingerprint density at radius 3 is 2.75 bits per heavy atom. The van der Waals surface area contributed by atoms with Crippen LogP contribution in [0.1, 0.15) is 65.4 Å². The Bertz CT molecular complexity index is 826. The second kappa shape index (κ2) is 8.77. The van der Waals surface area contributed by atoms with Crippen molar-refractivity contribution < 1.29 is 4.79 Å². The lowest BCUT2D eigenvalue weighted by molar-refractivity contribution is 0.0944. The SMILES string of the molecule is Cc1nc(CNC(=O)c2cn(CCN3CCCCC3)nn2)nc2c1CCCC2. The van der Waals surface area contributed by atoms with Gasteiger partial charge in [-0.3, -0.25) is 9.48 Å². The maximum atomic E-state index is 12.4. The minimum Gasteiger partial charge on any atom is -0.343 e. The maximum Gasteiger partial charge on any atom is 0.273 e. The van der Waals surface area contributed by atoms with Gasteiger partial charge in [0.25, 0.3) is 5.91 Å². The quantitative estimate of drug-likeness (QED) is 0.816. The summed E-state index contributed by atoms with van der Waals surface area (Å²) < 4.78 is 1.75. The van der Waals surface area contributed by atoms with E-state index in [9.17, 15) is 4.79 Å². The summed E-state index contributed by atoms with van der Waals surface area (Å²) in [6.45, 7) is 6.36. The van der Waals surface area contributed by atoms with Gasteiger partial charge < -0.3 is 10.2 Å². The Balaban J connectivity index is 1.30. The van der Waals surface area contributed by atoms with Crippen LogP contribution in [0.5, 0.6) is 0 Å². The standard InChI is InChI=1S/C20H29N7O/c1-15-16-7-3-4-8-17(16)23-19(22-15)13-21-20(28)18-14-27(25-24-18)12-11-26-9-5-2-6-10-26/h14H,2-13H2,1H3,(H,21,28). The minimum absolute atomic E-state index is 0.233. The number of hydrogen-bond acceptors (Lipinski definition) is 6. The van der Waals surface area contributed by atoms with Crippen molar-refractivity contribution in [3.63, 3.8) is 0 Å². The number of fused-ring (bicyclic) bond motifs is 1. The summed E-state index contributed by atoms with van der Waals surface area (Å²) in [6.07, 6.45) is 10.1. The zero-order valence-electron chi connectivity index (χ0n) is 16.7. The van der Waals surface area contributed by atoms with Gasteiger partial charge in [0.2, 0.25) is 0 Å². The van der Waals surface area contributed by atoms with Crippen molar-refractivity contribution in [3.8, 4) is 0 Å². The third kappa shape index (κ3) is 4.55. The van der Waals surface area contributed by atoms with Crippen LogP contribution >= 0.6 is 0 Å². The van der Waals surface area contributed by atoms with Crippen LogP contribution in [0.25, 0.3) is 0 Å². The Morgan fingerprint density at radius 2 is 1.89 bits per heavy atom. The number of amides is 1. The first-order valence-corrected chi connectivity index (χ1v) is 10.4. The van der Waals surface area contributed by atoms with Gasteiger partial charge in [0.05, 0.1) is 19.3 Å². The van der Waals surface area contributed by atoms with Crippen LogP contribution in [-0.2, 0) is 25.9 Å². The van der Waals surface area contributed by atoms with Crippen LogP contribution in [0.3, 0.4) is 0 Å². The lowest BCUT2D eigenvalue weighted by Gasteiger charge is -2.25. The molecular weight excluding hydrogens is 354 g/mol. The zero-order chi connectivity index (χ0) is 19.3. The highest BCUT2D eigenvalue weighted by Crippen LogP contribution is 2.21. The molecule has 8 heteroatoms. The number of aryl methyl sites for hydroxylation is 2. The number of rotatable bonds is 6. The van der Waals surface area contributed by atoms with Crippen molar-refractivity contribution in [2.45, 2.75) is 65.0 Å². The van der Waals surface area contributed by atoms with E-state index < -0.39 is 0 Å². The summed E-state index contributed by atoms with van der Waals surface area (Å²) in [5.74, 6) is 0.437. The van der Waals surface area contributed by atoms with E-state index in [0.29, 0.717) is 18.1 Å². The normalized spacial score (nSPS) is 17.3. The third-order valence-electron chi connectivity index (χ3n) is 5.71. The molecule has 0 unspecified atom stereocenters. The van der Waals surface area contributed by atoms with Crippen molar-refractivity contribution in [2.75, 3.05) is 19.6 Å². The summed E-state index contributed by atoms with van der Waals surface area (Å²) in [5, 5.41) is 11.0. The molecule has 0 spiro atoms. The molecular formula is C20H29N7O. The van der Waals surface area contributed by atoms with Gasteiger partial charge in [-0.1, -0.05) is 11.6 Å². The van der Waals surface area contributed by atoms with E-state index in [1.54, 1.807) is 10.9 Å². The first kappa shape index (κ1) is 19.0. The Morgan fingerprint density at radius 1 is 1.07 bits per heavy atom. The fraction of sp³-hybridized carbons (Fsp3) is 0.650. The van der Waals surface area contributed by atoms with Crippen LogP contribution in [0.4, 0.5) is 0 Å². The topological polar surface area (TPSA) is 88.8 Å². The molecule has 1 aliphatic carbocycles. The van der Waals surface area contributed by atoms with E-state index in [-0.39, 0.29) is 5.91 Å². The molecule has 1 fully saturated rings. The minimum atomic E-state index is -0.233. The molecule has 2 aromatic rings. The molecule has 3 heterocycles. The molecule has 0 radical (unpaired) electrons. The molecule has 150 valence electrons. The van der Waals surface area contributed by atoms with E-state index >= 15 is 0 Å². The van der Waals surface area contributed by atoms with E-state index in [1.807, 2.05) is 6.92 Å². The summed E-state index contributed by atoms with van der Waals surface area (Å²) in [4.78, 5) is 24.1. The van der Waals surface area contributed by atoms with Crippen LogP contribution < -0.4 is 5.32 Å². The van der Waals surface area contributed by atoms with Gasteiger partial charge in [-0.15, -0.1) is 5.10 Å². The first-order chi connectivity index (χ1) is 13.7. The largest absolute Gasteiger partial charge is 0.343 e. The number of piperidine rings is 1.